The standard InChI is InChI=1S/C7H10N2.C2H6/c1-6(2)7-8-4-3-5-9-7;1-2/h3-6H,1-2H3;1-2H3. The van der Waals surface area contributed by atoms with Gasteiger partial charge in [-0.05, 0) is 6.07 Å². The highest BCUT2D eigenvalue weighted by Crippen LogP contribution is 2.04. The van der Waals surface area contributed by atoms with Gasteiger partial charge in [0.1, 0.15) is 5.82 Å². The molecule has 1 rings (SSSR count). The van der Waals surface area contributed by atoms with Crippen LogP contribution in [0.4, 0.5) is 0 Å². The van der Waals surface area contributed by atoms with Crippen molar-refractivity contribution in [3.05, 3.63) is 24.3 Å². The van der Waals surface area contributed by atoms with E-state index >= 15 is 0 Å². The first-order valence-corrected chi connectivity index (χ1v) is 4.07. The molecule has 0 bridgehead atoms. The third kappa shape index (κ3) is 3.71. The van der Waals surface area contributed by atoms with Gasteiger partial charge in [-0.3, -0.25) is 0 Å². The Morgan fingerprint density at radius 2 is 1.55 bits per heavy atom. The Bertz CT molecular complexity index is 170. The summed E-state index contributed by atoms with van der Waals surface area (Å²) in [6, 6.07) is 1.83. The molecule has 2 nitrogen and oxygen atoms in total. The summed E-state index contributed by atoms with van der Waals surface area (Å²) in [4.78, 5) is 8.13. The number of hydrogen-bond acceptors (Lipinski definition) is 2. The summed E-state index contributed by atoms with van der Waals surface area (Å²) in [5.74, 6) is 1.35. The van der Waals surface area contributed by atoms with Crippen molar-refractivity contribution in [3.63, 3.8) is 0 Å². The number of nitrogens with zero attached hydrogens (tertiary/aromatic N) is 2. The lowest BCUT2D eigenvalue weighted by molar-refractivity contribution is 0.774. The smallest absolute Gasteiger partial charge is 0.130 e. The number of hydrogen-bond donors (Lipinski definition) is 0. The maximum Gasteiger partial charge on any atom is 0.130 e. The Balaban J connectivity index is 0.000000461. The van der Waals surface area contributed by atoms with E-state index in [1.165, 1.54) is 0 Å². The lowest BCUT2D eigenvalue weighted by Gasteiger charge is -1.98. The van der Waals surface area contributed by atoms with E-state index in [1.54, 1.807) is 12.4 Å². The summed E-state index contributed by atoms with van der Waals surface area (Å²) < 4.78 is 0. The van der Waals surface area contributed by atoms with Gasteiger partial charge in [-0.1, -0.05) is 27.7 Å². The topological polar surface area (TPSA) is 25.8 Å². The van der Waals surface area contributed by atoms with Crippen molar-refractivity contribution in [1.82, 2.24) is 9.97 Å². The van der Waals surface area contributed by atoms with E-state index in [1.807, 2.05) is 19.9 Å². The molecule has 0 N–H and O–H groups in total. The lowest BCUT2D eigenvalue weighted by atomic mass is 10.2. The molecule has 1 aromatic heterocycles. The average Bonchev–Trinajstić information content (AvgIpc) is 2.10. The summed E-state index contributed by atoms with van der Waals surface area (Å²) in [5.41, 5.74) is 0. The minimum Gasteiger partial charge on any atom is -0.241 e. The van der Waals surface area contributed by atoms with Crippen molar-refractivity contribution in [1.29, 1.82) is 0 Å². The van der Waals surface area contributed by atoms with Gasteiger partial charge < -0.3 is 0 Å². The minimum atomic E-state index is 0.436. The molecule has 0 amide bonds. The molecule has 0 fully saturated rings. The van der Waals surface area contributed by atoms with Crippen LogP contribution in [0.15, 0.2) is 18.5 Å². The molecule has 0 unspecified atom stereocenters. The molecular formula is C9H16N2. The van der Waals surface area contributed by atoms with Crippen molar-refractivity contribution in [2.24, 2.45) is 0 Å². The van der Waals surface area contributed by atoms with E-state index < -0.39 is 0 Å². The molecule has 0 aromatic carbocycles. The van der Waals surface area contributed by atoms with Crippen LogP contribution in [0.5, 0.6) is 0 Å². The molecule has 0 radical (unpaired) electrons. The van der Waals surface area contributed by atoms with Gasteiger partial charge in [0.25, 0.3) is 0 Å². The van der Waals surface area contributed by atoms with Crippen LogP contribution in [0.3, 0.4) is 0 Å². The highest BCUT2D eigenvalue weighted by Gasteiger charge is 1.97. The zero-order chi connectivity index (χ0) is 8.69. The summed E-state index contributed by atoms with van der Waals surface area (Å²) >= 11 is 0. The molecule has 1 heterocycles. The van der Waals surface area contributed by atoms with Crippen LogP contribution < -0.4 is 0 Å². The van der Waals surface area contributed by atoms with E-state index in [4.69, 9.17) is 0 Å². The Labute approximate surface area is 68.7 Å². The van der Waals surface area contributed by atoms with Crippen LogP contribution in [0.2, 0.25) is 0 Å². The predicted octanol–water partition coefficient (Wildman–Crippen LogP) is 2.63. The van der Waals surface area contributed by atoms with E-state index in [0.717, 1.165) is 5.82 Å². The van der Waals surface area contributed by atoms with Gasteiger partial charge in [-0.15, -0.1) is 0 Å². The first kappa shape index (κ1) is 10.1. The van der Waals surface area contributed by atoms with Crippen LogP contribution in [0.25, 0.3) is 0 Å². The van der Waals surface area contributed by atoms with Gasteiger partial charge in [-0.25, -0.2) is 9.97 Å². The second-order valence-electron chi connectivity index (χ2n) is 2.26. The summed E-state index contributed by atoms with van der Waals surface area (Å²) in [6.07, 6.45) is 3.53. The van der Waals surface area contributed by atoms with Crippen LogP contribution in [0.1, 0.15) is 39.4 Å². The summed E-state index contributed by atoms with van der Waals surface area (Å²) in [6.45, 7) is 8.16. The van der Waals surface area contributed by atoms with Crippen molar-refractivity contribution in [2.45, 2.75) is 33.6 Å². The van der Waals surface area contributed by atoms with Crippen molar-refractivity contribution in [2.75, 3.05) is 0 Å². The Morgan fingerprint density at radius 3 is 1.82 bits per heavy atom. The monoisotopic (exact) mass is 152 g/mol. The van der Waals surface area contributed by atoms with Crippen LogP contribution in [-0.2, 0) is 0 Å². The first-order valence-electron chi connectivity index (χ1n) is 4.07. The van der Waals surface area contributed by atoms with Gasteiger partial charge in [0, 0.05) is 18.3 Å². The van der Waals surface area contributed by atoms with Gasteiger partial charge in [0.05, 0.1) is 0 Å². The lowest BCUT2D eigenvalue weighted by Crippen LogP contribution is -1.93. The number of rotatable bonds is 1. The molecule has 0 aliphatic carbocycles. The molecule has 0 saturated heterocycles. The van der Waals surface area contributed by atoms with Crippen molar-refractivity contribution < 1.29 is 0 Å². The second kappa shape index (κ2) is 5.83. The fraction of sp³-hybridized carbons (Fsp3) is 0.556. The van der Waals surface area contributed by atoms with E-state index in [2.05, 4.69) is 23.8 Å². The summed E-state index contributed by atoms with van der Waals surface area (Å²) in [5, 5.41) is 0. The van der Waals surface area contributed by atoms with Crippen molar-refractivity contribution >= 4 is 0 Å². The van der Waals surface area contributed by atoms with Gasteiger partial charge in [0.2, 0.25) is 0 Å². The molecule has 0 aliphatic heterocycles. The third-order valence-corrected chi connectivity index (χ3v) is 1.10. The van der Waals surface area contributed by atoms with E-state index in [0.29, 0.717) is 5.92 Å². The van der Waals surface area contributed by atoms with Gasteiger partial charge >= 0.3 is 0 Å². The molecule has 2 heteroatoms. The normalized spacial score (nSPS) is 8.82. The molecule has 0 saturated carbocycles. The average molecular weight is 152 g/mol. The highest BCUT2D eigenvalue weighted by molar-refractivity contribution is 4.92. The Hall–Kier alpha value is -0.920. The van der Waals surface area contributed by atoms with Crippen LogP contribution in [-0.4, -0.2) is 9.97 Å². The zero-order valence-electron chi connectivity index (χ0n) is 7.70. The van der Waals surface area contributed by atoms with Crippen LogP contribution in [0, 0.1) is 0 Å². The molecule has 0 spiro atoms. The quantitative estimate of drug-likeness (QED) is 0.618. The van der Waals surface area contributed by atoms with Gasteiger partial charge in [0.15, 0.2) is 0 Å². The third-order valence-electron chi connectivity index (χ3n) is 1.10. The maximum atomic E-state index is 4.07. The molecule has 62 valence electrons. The largest absolute Gasteiger partial charge is 0.241 e. The molecular weight excluding hydrogens is 136 g/mol. The molecule has 0 aliphatic rings. The maximum absolute atomic E-state index is 4.07. The summed E-state index contributed by atoms with van der Waals surface area (Å²) in [7, 11) is 0. The SMILES string of the molecule is CC.CC(C)c1ncccn1. The second-order valence-corrected chi connectivity index (χ2v) is 2.26. The van der Waals surface area contributed by atoms with Gasteiger partial charge in [-0.2, -0.15) is 0 Å². The minimum absolute atomic E-state index is 0.436. The molecule has 11 heavy (non-hydrogen) atoms. The zero-order valence-corrected chi connectivity index (χ0v) is 7.70. The van der Waals surface area contributed by atoms with Crippen LogP contribution >= 0.6 is 0 Å². The predicted molar refractivity (Wildman–Crippen MR) is 47.5 cm³/mol. The molecule has 0 atom stereocenters. The Kier molecular flexibility index (Phi) is 5.35. The highest BCUT2D eigenvalue weighted by atomic mass is 14.9. The Morgan fingerprint density at radius 1 is 1.09 bits per heavy atom. The molecule has 1 aromatic rings. The fourth-order valence-corrected chi connectivity index (χ4v) is 0.609. The first-order chi connectivity index (χ1) is 5.30. The fourth-order valence-electron chi connectivity index (χ4n) is 0.609. The van der Waals surface area contributed by atoms with E-state index in [9.17, 15) is 0 Å². The number of aromatic nitrogens is 2. The van der Waals surface area contributed by atoms with Crippen molar-refractivity contribution in [3.8, 4) is 0 Å². The van der Waals surface area contributed by atoms with E-state index in [-0.39, 0.29) is 0 Å².